The predicted molar refractivity (Wildman–Crippen MR) is 17.5 cm³/mol. The molecule has 0 aliphatic heterocycles. The fraction of sp³-hybridized carbons (Fsp3) is 0. The first-order chi connectivity index (χ1) is 0. The van der Waals surface area contributed by atoms with Gasteiger partial charge in [-0.05, 0) is 0 Å². The molecule has 0 saturated carbocycles. The van der Waals surface area contributed by atoms with E-state index in [1.807, 2.05) is 0 Å². The molecule has 0 fully saturated rings. The van der Waals surface area contributed by atoms with Crippen LogP contribution in [-0.2, 0) is 95.3 Å². The van der Waals surface area contributed by atoms with Gasteiger partial charge in [-0.15, -0.1) is 0 Å². The van der Waals surface area contributed by atoms with Crippen molar-refractivity contribution in [3.63, 3.8) is 0 Å². The van der Waals surface area contributed by atoms with Gasteiger partial charge in [0.1, 0.15) is 0 Å². The molecule has 0 N–H and O–H groups in total. The molecule has 6 heavy (non-hydrogen) atoms. The van der Waals surface area contributed by atoms with E-state index < -0.39 is 0 Å². The maximum atomic E-state index is 0. The molecule has 0 spiro atoms. The Morgan fingerprint density at radius 1 is 0.500 bits per heavy atom. The van der Waals surface area contributed by atoms with Crippen LogP contribution in [0.1, 0.15) is 0 Å². The quantitative estimate of drug-likeness (QED) is 0.334. The largest absolute Gasteiger partial charge is 2.00 e. The van der Waals surface area contributed by atoms with Gasteiger partial charge in [-0.1, -0.05) is 0 Å². The summed E-state index contributed by atoms with van der Waals surface area (Å²) >= 11 is 0. The average Bonchev–Trinajstić information content (AvgIpc) is 0. The van der Waals surface area contributed by atoms with Crippen molar-refractivity contribution in [3.05, 3.63) is 0 Å². The predicted octanol–water partition coefficient (Wildman–Crippen LogP) is -0.550. The van der Waals surface area contributed by atoms with E-state index in [0.29, 0.717) is 0 Å². The molecule has 4 radical (unpaired) electrons. The van der Waals surface area contributed by atoms with Crippen molar-refractivity contribution >= 4 is 27.0 Å². The Morgan fingerprint density at radius 3 is 0.500 bits per heavy atom. The van der Waals surface area contributed by atoms with Crippen molar-refractivity contribution in [3.8, 4) is 0 Å². The van der Waals surface area contributed by atoms with Crippen LogP contribution in [-0.4, -0.2) is 0 Å². The monoisotopic (exact) mass is 318 g/mol. The van der Waals surface area contributed by atoms with Gasteiger partial charge in [0.25, 0.3) is 0 Å². The molecule has 0 rings (SSSR count). The third-order valence-corrected chi connectivity index (χ3v) is 0. The topological polar surface area (TPSA) is 0 Å². The van der Waals surface area contributed by atoms with E-state index in [4.69, 9.17) is 0 Å². The van der Waals surface area contributed by atoms with Gasteiger partial charge in [0.15, 0.2) is 0 Å². The molecule has 0 amide bonds. The fourth-order valence-corrected chi connectivity index (χ4v) is 0. The van der Waals surface area contributed by atoms with Crippen molar-refractivity contribution in [1.29, 1.82) is 0 Å². The number of hydrogen-bond acceptors (Lipinski definition) is 2. The zero-order valence-corrected chi connectivity index (χ0v) is 7.66. The third kappa shape index (κ3) is 29.3. The fourth-order valence-electron chi connectivity index (χ4n) is 0. The maximum Gasteiger partial charge on any atom is 2.00 e. The second-order valence-electron chi connectivity index (χ2n) is 0. The molecular formula is H2Cu4S2. The summed E-state index contributed by atoms with van der Waals surface area (Å²) in [6.07, 6.45) is 0. The van der Waals surface area contributed by atoms with Crippen molar-refractivity contribution < 1.29 is 68.3 Å². The molecule has 0 saturated heterocycles. The van der Waals surface area contributed by atoms with Crippen molar-refractivity contribution in [2.45, 2.75) is 0 Å². The normalized spacial score (nSPS) is 0. The van der Waals surface area contributed by atoms with Crippen LogP contribution < -0.4 is 0 Å². The Morgan fingerprint density at radius 2 is 0.500 bits per heavy atom. The summed E-state index contributed by atoms with van der Waals surface area (Å²) in [5.74, 6) is 0. The second-order valence-corrected chi connectivity index (χ2v) is 0. The summed E-state index contributed by atoms with van der Waals surface area (Å²) in [5, 5.41) is 0. The van der Waals surface area contributed by atoms with E-state index in [2.05, 4.69) is 0 Å². The third-order valence-electron chi connectivity index (χ3n) is 0. The molecule has 0 aromatic heterocycles. The Hall–Kier alpha value is 2.78. The summed E-state index contributed by atoms with van der Waals surface area (Å²) in [4.78, 5) is 0. The molecule has 0 bridgehead atoms. The molecule has 0 unspecified atom stereocenters. The van der Waals surface area contributed by atoms with Crippen LogP contribution in [0.2, 0.25) is 0 Å². The summed E-state index contributed by atoms with van der Waals surface area (Å²) in [6.45, 7) is 0. The standard InChI is InChI=1S/4Cu.2H2S/h;;;;2*1H2/q;;;+2;;/p-2. The molecule has 0 atom stereocenters. The maximum absolute atomic E-state index is 0. The van der Waals surface area contributed by atoms with E-state index in [-0.39, 0.29) is 95.3 Å². The van der Waals surface area contributed by atoms with Crippen LogP contribution >= 0.6 is 0 Å². The average molecular weight is 320 g/mol. The summed E-state index contributed by atoms with van der Waals surface area (Å²) in [6, 6.07) is 0. The zero-order chi connectivity index (χ0) is 0. The van der Waals surface area contributed by atoms with Crippen LogP contribution in [0.3, 0.4) is 0 Å². The van der Waals surface area contributed by atoms with Gasteiger partial charge in [0.2, 0.25) is 0 Å². The van der Waals surface area contributed by atoms with Gasteiger partial charge in [-0.2, -0.15) is 0 Å². The van der Waals surface area contributed by atoms with Gasteiger partial charge in [-0.25, -0.2) is 0 Å². The van der Waals surface area contributed by atoms with Crippen LogP contribution in [0.15, 0.2) is 0 Å². The first-order valence-corrected chi connectivity index (χ1v) is 0. The van der Waals surface area contributed by atoms with Crippen LogP contribution in [0.4, 0.5) is 0 Å². The first-order valence-electron chi connectivity index (χ1n) is 0. The number of rotatable bonds is 0. The molecule has 0 aromatic rings. The SMILES string of the molecule is [Cu+2].[Cu].[Cu].[Cu].[SH-].[SH-]. The Balaban J connectivity index is 0. The molecule has 0 heterocycles. The molecule has 58 valence electrons. The van der Waals surface area contributed by atoms with Crippen molar-refractivity contribution in [1.82, 2.24) is 0 Å². The second kappa shape index (κ2) is 46.3. The zero-order valence-electron chi connectivity index (χ0n) is 2.10. The summed E-state index contributed by atoms with van der Waals surface area (Å²) in [5.41, 5.74) is 0. The minimum atomic E-state index is 0. The van der Waals surface area contributed by atoms with Crippen molar-refractivity contribution in [2.24, 2.45) is 0 Å². The number of hydrogen-bond donors (Lipinski definition) is 0. The summed E-state index contributed by atoms with van der Waals surface area (Å²) < 4.78 is 0. The van der Waals surface area contributed by atoms with Crippen LogP contribution in [0.25, 0.3) is 0 Å². The smallest absolute Gasteiger partial charge is 0.813 e. The molecule has 0 aromatic carbocycles. The molecule has 0 nitrogen and oxygen atoms in total. The van der Waals surface area contributed by atoms with E-state index in [9.17, 15) is 0 Å². The Labute approximate surface area is 94.1 Å². The van der Waals surface area contributed by atoms with Gasteiger partial charge in [0, 0.05) is 51.2 Å². The minimum absolute atomic E-state index is 0. The molecule has 0 aliphatic rings. The van der Waals surface area contributed by atoms with Gasteiger partial charge < -0.3 is 27.0 Å². The number of thiol groups is 2. The van der Waals surface area contributed by atoms with E-state index in [1.54, 1.807) is 0 Å². The van der Waals surface area contributed by atoms with E-state index in [0.717, 1.165) is 0 Å². The Bertz CT molecular complexity index is 5.51. The van der Waals surface area contributed by atoms with Gasteiger partial charge in [0.05, 0.1) is 0 Å². The molecular weight excluding hydrogens is 318 g/mol. The first kappa shape index (κ1) is 68.8. The minimum Gasteiger partial charge on any atom is -0.813 e. The Kier molecular flexibility index (Phi) is 531. The van der Waals surface area contributed by atoms with Crippen molar-refractivity contribution in [2.75, 3.05) is 0 Å². The van der Waals surface area contributed by atoms with E-state index in [1.165, 1.54) is 0 Å². The molecule has 0 aliphatic carbocycles. The van der Waals surface area contributed by atoms with Gasteiger partial charge >= 0.3 is 17.1 Å². The molecule has 6 heteroatoms. The van der Waals surface area contributed by atoms with Crippen LogP contribution in [0.5, 0.6) is 0 Å². The van der Waals surface area contributed by atoms with Gasteiger partial charge in [-0.3, -0.25) is 0 Å². The van der Waals surface area contributed by atoms with Crippen LogP contribution in [0, 0.1) is 0 Å². The summed E-state index contributed by atoms with van der Waals surface area (Å²) in [7, 11) is 0. The van der Waals surface area contributed by atoms with E-state index >= 15 is 0 Å².